The number of fused-ring (bicyclic) bond motifs is 3. The molecule has 1 aliphatic heterocycles. The number of aryl methyl sites for hydroxylation is 1. The standard InChI is InChI=1S/C31H26F3N3O8/c1-36-14-21-20-13-17(7-12-22(20)37(27(21)35-36)19-10-8-18(9-11-19)31(32,33)34)28(41)45-30-25(40)23(38)24(39)26(44-30)29(42)43-15-16-5-3-2-4-6-16/h2-14,23-26,30,38-40H,15H2,1H3/t23-,24-,25+,26-,30-/m0/s1. The molecule has 11 nitrogen and oxygen atoms in total. The molecular weight excluding hydrogens is 599 g/mol. The first-order valence-electron chi connectivity index (χ1n) is 13.7. The Labute approximate surface area is 252 Å². The fourth-order valence-electron chi connectivity index (χ4n) is 5.20. The Kier molecular flexibility index (Phi) is 7.82. The monoisotopic (exact) mass is 625 g/mol. The summed E-state index contributed by atoms with van der Waals surface area (Å²) in [5, 5.41) is 36.8. The van der Waals surface area contributed by atoms with Gasteiger partial charge < -0.3 is 29.5 Å². The number of aliphatic hydroxyl groups excluding tert-OH is 3. The number of ether oxygens (including phenoxy) is 3. The minimum Gasteiger partial charge on any atom is -0.459 e. The molecule has 234 valence electrons. The Morgan fingerprint density at radius 3 is 2.33 bits per heavy atom. The zero-order valence-corrected chi connectivity index (χ0v) is 23.5. The maximum Gasteiger partial charge on any atom is 0.416 e. The quantitative estimate of drug-likeness (QED) is 0.242. The highest BCUT2D eigenvalue weighted by Gasteiger charge is 2.49. The molecule has 1 aliphatic rings. The molecule has 5 atom stereocenters. The van der Waals surface area contributed by atoms with E-state index in [1.165, 1.54) is 28.9 Å². The molecule has 3 heterocycles. The van der Waals surface area contributed by atoms with Crippen LogP contribution in [-0.2, 0) is 38.8 Å². The number of halogens is 3. The minimum atomic E-state index is -4.50. The van der Waals surface area contributed by atoms with Crippen LogP contribution in [0.25, 0.3) is 27.6 Å². The highest BCUT2D eigenvalue weighted by molar-refractivity contribution is 6.10. The van der Waals surface area contributed by atoms with Gasteiger partial charge >= 0.3 is 18.1 Å². The third kappa shape index (κ3) is 5.76. The summed E-state index contributed by atoms with van der Waals surface area (Å²) in [7, 11) is 1.67. The van der Waals surface area contributed by atoms with Crippen molar-refractivity contribution in [2.75, 3.05) is 0 Å². The lowest BCUT2D eigenvalue weighted by Crippen LogP contribution is -2.60. The van der Waals surface area contributed by atoms with E-state index in [9.17, 15) is 38.1 Å². The van der Waals surface area contributed by atoms with Crippen molar-refractivity contribution >= 4 is 33.9 Å². The maximum absolute atomic E-state index is 13.2. The lowest BCUT2D eigenvalue weighted by atomic mass is 9.99. The number of alkyl halides is 3. The van der Waals surface area contributed by atoms with E-state index in [4.69, 9.17) is 14.2 Å². The van der Waals surface area contributed by atoms with E-state index < -0.39 is 54.4 Å². The van der Waals surface area contributed by atoms with Crippen LogP contribution in [0.2, 0.25) is 0 Å². The number of nitrogens with zero attached hydrogens (tertiary/aromatic N) is 3. The third-order valence-corrected chi connectivity index (χ3v) is 7.49. The number of hydrogen-bond acceptors (Lipinski definition) is 9. The zero-order valence-electron chi connectivity index (χ0n) is 23.5. The summed E-state index contributed by atoms with van der Waals surface area (Å²) >= 11 is 0. The Morgan fingerprint density at radius 1 is 0.933 bits per heavy atom. The third-order valence-electron chi connectivity index (χ3n) is 7.49. The smallest absolute Gasteiger partial charge is 0.416 e. The number of aromatic nitrogens is 3. The topological polar surface area (TPSA) is 145 Å². The molecule has 2 aromatic heterocycles. The van der Waals surface area contributed by atoms with Gasteiger partial charge in [0.25, 0.3) is 0 Å². The summed E-state index contributed by atoms with van der Waals surface area (Å²) in [4.78, 5) is 25.9. The van der Waals surface area contributed by atoms with Crippen molar-refractivity contribution in [2.45, 2.75) is 43.5 Å². The van der Waals surface area contributed by atoms with Gasteiger partial charge in [0.15, 0.2) is 11.8 Å². The minimum absolute atomic E-state index is 0.00237. The summed E-state index contributed by atoms with van der Waals surface area (Å²) < 4.78 is 58.5. The summed E-state index contributed by atoms with van der Waals surface area (Å²) in [5.41, 5.74) is 1.23. The van der Waals surface area contributed by atoms with Crippen LogP contribution in [0.4, 0.5) is 13.2 Å². The fourth-order valence-corrected chi connectivity index (χ4v) is 5.20. The summed E-state index contributed by atoms with van der Waals surface area (Å²) in [6, 6.07) is 17.7. The molecule has 1 saturated heterocycles. The van der Waals surface area contributed by atoms with E-state index in [1.54, 1.807) is 54.2 Å². The fraction of sp³-hybridized carbons (Fsp3) is 0.258. The summed E-state index contributed by atoms with van der Waals surface area (Å²) in [6.45, 7) is -0.149. The number of carbonyl (C=O) groups excluding carboxylic acids is 2. The average Bonchev–Trinajstić information content (AvgIpc) is 3.54. The van der Waals surface area contributed by atoms with Gasteiger partial charge in [-0.25, -0.2) is 9.59 Å². The molecule has 0 radical (unpaired) electrons. The van der Waals surface area contributed by atoms with E-state index >= 15 is 0 Å². The Bertz CT molecular complexity index is 1870. The van der Waals surface area contributed by atoms with Crippen molar-refractivity contribution in [1.82, 2.24) is 14.3 Å². The van der Waals surface area contributed by atoms with Crippen LogP contribution in [-0.4, -0.2) is 72.3 Å². The van der Waals surface area contributed by atoms with Gasteiger partial charge in [-0.1, -0.05) is 30.3 Å². The van der Waals surface area contributed by atoms with E-state index in [0.29, 0.717) is 33.2 Å². The van der Waals surface area contributed by atoms with Crippen LogP contribution >= 0.6 is 0 Å². The number of benzene rings is 3. The van der Waals surface area contributed by atoms with E-state index in [1.807, 2.05) is 0 Å². The first-order valence-corrected chi connectivity index (χ1v) is 13.7. The molecule has 3 N–H and O–H groups in total. The van der Waals surface area contributed by atoms with Crippen molar-refractivity contribution in [2.24, 2.45) is 7.05 Å². The van der Waals surface area contributed by atoms with Crippen LogP contribution < -0.4 is 0 Å². The first kappa shape index (κ1) is 30.3. The van der Waals surface area contributed by atoms with Crippen LogP contribution in [0.3, 0.4) is 0 Å². The van der Waals surface area contributed by atoms with Crippen molar-refractivity contribution in [3.63, 3.8) is 0 Å². The van der Waals surface area contributed by atoms with Gasteiger partial charge in [-0.3, -0.25) is 9.25 Å². The second-order valence-electron chi connectivity index (χ2n) is 10.5. The predicted octanol–water partition coefficient (Wildman–Crippen LogP) is 3.24. The SMILES string of the molecule is Cn1cc2c3cc(C(=O)O[C@@H]4O[C@H](C(=O)OCc5ccccc5)[C@@H](O)[C@H](O)[C@H]4O)ccc3n(-c3ccc(C(F)(F)F)cc3)c2n1. The molecule has 0 unspecified atom stereocenters. The molecule has 0 amide bonds. The van der Waals surface area contributed by atoms with Crippen molar-refractivity contribution < 1.29 is 52.3 Å². The van der Waals surface area contributed by atoms with Gasteiger partial charge in [-0.05, 0) is 48.0 Å². The maximum atomic E-state index is 13.2. The first-order chi connectivity index (χ1) is 21.4. The van der Waals surface area contributed by atoms with Gasteiger partial charge in [-0.15, -0.1) is 0 Å². The molecule has 0 aliphatic carbocycles. The van der Waals surface area contributed by atoms with E-state index in [-0.39, 0.29) is 12.2 Å². The number of hydrogen-bond donors (Lipinski definition) is 3. The number of esters is 2. The van der Waals surface area contributed by atoms with E-state index in [0.717, 1.165) is 12.1 Å². The van der Waals surface area contributed by atoms with Gasteiger partial charge in [0.1, 0.15) is 24.9 Å². The molecule has 0 spiro atoms. The number of carbonyl (C=O) groups is 2. The molecular formula is C31H26F3N3O8. The van der Waals surface area contributed by atoms with Crippen molar-refractivity contribution in [3.8, 4) is 5.69 Å². The molecule has 0 saturated carbocycles. The number of rotatable bonds is 6. The van der Waals surface area contributed by atoms with Crippen LogP contribution in [0.1, 0.15) is 21.5 Å². The lowest BCUT2D eigenvalue weighted by molar-refractivity contribution is -0.280. The highest BCUT2D eigenvalue weighted by Crippen LogP contribution is 2.34. The molecule has 3 aromatic carbocycles. The van der Waals surface area contributed by atoms with Gasteiger partial charge in [0, 0.05) is 29.7 Å². The molecule has 6 rings (SSSR count). The van der Waals surface area contributed by atoms with Crippen LogP contribution in [0.15, 0.2) is 79.0 Å². The van der Waals surface area contributed by atoms with Gasteiger partial charge in [-0.2, -0.15) is 18.3 Å². The highest BCUT2D eigenvalue weighted by atomic mass is 19.4. The summed E-state index contributed by atoms with van der Waals surface area (Å²) in [6.07, 6.45) is -12.1. The molecule has 0 bridgehead atoms. The Hall–Kier alpha value is -4.76. The van der Waals surface area contributed by atoms with Gasteiger partial charge in [0.05, 0.1) is 16.6 Å². The normalized spacial score (nSPS) is 22.1. The average molecular weight is 626 g/mol. The van der Waals surface area contributed by atoms with Gasteiger partial charge in [0.2, 0.25) is 6.29 Å². The zero-order chi connectivity index (χ0) is 32.0. The van der Waals surface area contributed by atoms with Crippen LogP contribution in [0, 0.1) is 0 Å². The second-order valence-corrected chi connectivity index (χ2v) is 10.5. The largest absolute Gasteiger partial charge is 0.459 e. The molecule has 5 aromatic rings. The lowest BCUT2D eigenvalue weighted by Gasteiger charge is -2.38. The van der Waals surface area contributed by atoms with Crippen molar-refractivity contribution in [1.29, 1.82) is 0 Å². The molecule has 1 fully saturated rings. The Morgan fingerprint density at radius 2 is 1.64 bits per heavy atom. The molecule has 45 heavy (non-hydrogen) atoms. The van der Waals surface area contributed by atoms with Crippen molar-refractivity contribution in [3.05, 3.63) is 95.7 Å². The second kappa shape index (κ2) is 11.6. The van der Waals surface area contributed by atoms with E-state index in [2.05, 4.69) is 5.10 Å². The summed E-state index contributed by atoms with van der Waals surface area (Å²) in [5.74, 6) is -2.02. The van der Waals surface area contributed by atoms with Crippen LogP contribution in [0.5, 0.6) is 0 Å². The molecule has 14 heteroatoms. The predicted molar refractivity (Wildman–Crippen MR) is 151 cm³/mol. The Balaban J connectivity index is 1.25. The number of aliphatic hydroxyl groups is 3.